The van der Waals surface area contributed by atoms with Gasteiger partial charge in [0.1, 0.15) is 11.6 Å². The number of nitrogens with one attached hydrogen (secondary N) is 1. The van der Waals surface area contributed by atoms with Crippen LogP contribution in [0.4, 0.5) is 4.39 Å². The first-order valence-corrected chi connectivity index (χ1v) is 6.84. The number of amides is 1. The van der Waals surface area contributed by atoms with Crippen LogP contribution in [0, 0.1) is 11.7 Å². The number of ether oxygens (including phenoxy) is 1. The van der Waals surface area contributed by atoms with Crippen LogP contribution in [-0.2, 0) is 11.2 Å². The van der Waals surface area contributed by atoms with Crippen LogP contribution < -0.4 is 15.8 Å². The lowest BCUT2D eigenvalue weighted by molar-refractivity contribution is -0.124. The van der Waals surface area contributed by atoms with E-state index in [1.54, 1.807) is 0 Å². The topological polar surface area (TPSA) is 64.3 Å². The second kappa shape index (κ2) is 7.85. The van der Waals surface area contributed by atoms with E-state index in [-0.39, 0.29) is 24.4 Å². The summed E-state index contributed by atoms with van der Waals surface area (Å²) in [6, 6.07) is 4.31. The van der Waals surface area contributed by atoms with Crippen molar-refractivity contribution in [1.82, 2.24) is 5.32 Å². The maximum absolute atomic E-state index is 13.2. The average Bonchev–Trinajstić information content (AvgIpc) is 2.38. The molecule has 0 saturated heterocycles. The van der Waals surface area contributed by atoms with Crippen molar-refractivity contribution in [3.8, 4) is 5.75 Å². The molecule has 0 heterocycles. The molecule has 4 nitrogen and oxygen atoms in total. The second-order valence-corrected chi connectivity index (χ2v) is 5.18. The number of rotatable bonds is 7. The number of benzene rings is 1. The van der Waals surface area contributed by atoms with Gasteiger partial charge in [-0.2, -0.15) is 0 Å². The molecule has 0 aromatic heterocycles. The van der Waals surface area contributed by atoms with Crippen molar-refractivity contribution in [2.75, 3.05) is 13.2 Å². The number of carbonyl (C=O) groups excluding carboxylic acids is 1. The van der Waals surface area contributed by atoms with E-state index in [1.807, 2.05) is 20.8 Å². The summed E-state index contributed by atoms with van der Waals surface area (Å²) >= 11 is 0. The minimum atomic E-state index is -0.335. The maximum atomic E-state index is 13.2. The summed E-state index contributed by atoms with van der Waals surface area (Å²) in [7, 11) is 0. The zero-order valence-electron chi connectivity index (χ0n) is 12.3. The van der Waals surface area contributed by atoms with Gasteiger partial charge in [-0.25, -0.2) is 4.39 Å². The van der Waals surface area contributed by atoms with Gasteiger partial charge in [0.25, 0.3) is 5.91 Å². The predicted molar refractivity (Wildman–Crippen MR) is 77.1 cm³/mol. The summed E-state index contributed by atoms with van der Waals surface area (Å²) in [6.07, 6.45) is 0.511. The molecule has 5 heteroatoms. The summed E-state index contributed by atoms with van der Waals surface area (Å²) in [5, 5.41) is 2.85. The van der Waals surface area contributed by atoms with Crippen molar-refractivity contribution in [3.63, 3.8) is 0 Å². The Balaban J connectivity index is 2.59. The van der Waals surface area contributed by atoms with Crippen molar-refractivity contribution < 1.29 is 13.9 Å². The molecule has 0 fully saturated rings. The van der Waals surface area contributed by atoms with Crippen LogP contribution in [0.3, 0.4) is 0 Å². The van der Waals surface area contributed by atoms with Crippen LogP contribution in [0.1, 0.15) is 26.3 Å². The van der Waals surface area contributed by atoms with E-state index in [9.17, 15) is 9.18 Å². The molecule has 1 unspecified atom stereocenters. The monoisotopic (exact) mass is 282 g/mol. The number of halogens is 1. The van der Waals surface area contributed by atoms with E-state index in [1.165, 1.54) is 18.2 Å². The minimum absolute atomic E-state index is 0.0831. The highest BCUT2D eigenvalue weighted by molar-refractivity contribution is 5.77. The molecule has 0 radical (unpaired) electrons. The van der Waals surface area contributed by atoms with Crippen LogP contribution >= 0.6 is 0 Å². The molecular formula is C15H23FN2O2. The third-order valence-corrected chi connectivity index (χ3v) is 3.18. The molecule has 0 spiro atoms. The SMILES string of the molecule is CC(C)C(C)NC(=O)COc1ccc(F)cc1CCN. The zero-order chi connectivity index (χ0) is 15.1. The molecule has 3 N–H and O–H groups in total. The predicted octanol–water partition coefficient (Wildman–Crippen LogP) is 1.87. The van der Waals surface area contributed by atoms with Gasteiger partial charge in [0, 0.05) is 6.04 Å². The van der Waals surface area contributed by atoms with Crippen molar-refractivity contribution in [2.45, 2.75) is 33.2 Å². The van der Waals surface area contributed by atoms with Crippen LogP contribution in [-0.4, -0.2) is 25.1 Å². The summed E-state index contributed by atoms with van der Waals surface area (Å²) in [5.41, 5.74) is 6.16. The largest absolute Gasteiger partial charge is 0.483 e. The quantitative estimate of drug-likeness (QED) is 0.802. The zero-order valence-corrected chi connectivity index (χ0v) is 12.3. The van der Waals surface area contributed by atoms with Gasteiger partial charge in [-0.1, -0.05) is 13.8 Å². The Morgan fingerprint density at radius 1 is 1.40 bits per heavy atom. The van der Waals surface area contributed by atoms with E-state index in [0.717, 1.165) is 0 Å². The first kappa shape index (κ1) is 16.4. The Morgan fingerprint density at radius 2 is 2.10 bits per heavy atom. The Hall–Kier alpha value is -1.62. The van der Waals surface area contributed by atoms with Crippen LogP contribution in [0.25, 0.3) is 0 Å². The fraction of sp³-hybridized carbons (Fsp3) is 0.533. The molecule has 0 bridgehead atoms. The van der Waals surface area contributed by atoms with E-state index in [4.69, 9.17) is 10.5 Å². The highest BCUT2D eigenvalue weighted by atomic mass is 19.1. The van der Waals surface area contributed by atoms with Crippen molar-refractivity contribution in [2.24, 2.45) is 11.7 Å². The first-order chi connectivity index (χ1) is 9.43. The lowest BCUT2D eigenvalue weighted by atomic mass is 10.1. The number of hydrogen-bond donors (Lipinski definition) is 2. The number of carbonyl (C=O) groups is 1. The molecule has 1 atom stereocenters. The lowest BCUT2D eigenvalue weighted by Crippen LogP contribution is -2.39. The molecule has 0 saturated carbocycles. The summed E-state index contributed by atoms with van der Waals surface area (Å²) in [5.74, 6) is 0.342. The molecule has 0 aliphatic heterocycles. The molecule has 1 rings (SSSR count). The van der Waals surface area contributed by atoms with E-state index >= 15 is 0 Å². The van der Waals surface area contributed by atoms with Crippen molar-refractivity contribution in [3.05, 3.63) is 29.6 Å². The van der Waals surface area contributed by atoms with E-state index in [2.05, 4.69) is 5.32 Å². The molecule has 0 aliphatic rings. The highest BCUT2D eigenvalue weighted by Crippen LogP contribution is 2.20. The molecule has 1 aromatic carbocycles. The van der Waals surface area contributed by atoms with Crippen LogP contribution in [0.2, 0.25) is 0 Å². The normalized spacial score (nSPS) is 12.3. The Morgan fingerprint density at radius 3 is 2.70 bits per heavy atom. The molecule has 112 valence electrons. The fourth-order valence-electron chi connectivity index (χ4n) is 1.65. The smallest absolute Gasteiger partial charge is 0.258 e. The van der Waals surface area contributed by atoms with Gasteiger partial charge in [0.05, 0.1) is 0 Å². The maximum Gasteiger partial charge on any atom is 0.258 e. The Kier molecular flexibility index (Phi) is 6.45. The molecular weight excluding hydrogens is 259 g/mol. The van der Waals surface area contributed by atoms with Gasteiger partial charge in [0.2, 0.25) is 0 Å². The van der Waals surface area contributed by atoms with Gasteiger partial charge in [-0.3, -0.25) is 4.79 Å². The minimum Gasteiger partial charge on any atom is -0.483 e. The third kappa shape index (κ3) is 5.17. The van der Waals surface area contributed by atoms with Crippen LogP contribution in [0.5, 0.6) is 5.75 Å². The van der Waals surface area contributed by atoms with Crippen molar-refractivity contribution in [1.29, 1.82) is 0 Å². The first-order valence-electron chi connectivity index (χ1n) is 6.84. The molecule has 0 aliphatic carbocycles. The Labute approximate surface area is 119 Å². The summed E-state index contributed by atoms with van der Waals surface area (Å²) in [4.78, 5) is 11.7. The van der Waals surface area contributed by atoms with E-state index < -0.39 is 0 Å². The van der Waals surface area contributed by atoms with Crippen molar-refractivity contribution >= 4 is 5.91 Å². The van der Waals surface area contributed by atoms with Gasteiger partial charge in [0.15, 0.2) is 6.61 Å². The standard InChI is InChI=1S/C15H23FN2O2/c1-10(2)11(3)18-15(19)9-20-14-5-4-13(16)8-12(14)6-7-17/h4-5,8,10-11H,6-7,9,17H2,1-3H3,(H,18,19). The number of hydrogen-bond acceptors (Lipinski definition) is 3. The molecule has 1 aromatic rings. The summed E-state index contributed by atoms with van der Waals surface area (Å²) in [6.45, 7) is 6.33. The van der Waals surface area contributed by atoms with Gasteiger partial charge in [-0.05, 0) is 49.6 Å². The summed E-state index contributed by atoms with van der Waals surface area (Å²) < 4.78 is 18.6. The second-order valence-electron chi connectivity index (χ2n) is 5.18. The fourth-order valence-corrected chi connectivity index (χ4v) is 1.65. The number of nitrogens with two attached hydrogens (primary N) is 1. The van der Waals surface area contributed by atoms with Gasteiger partial charge < -0.3 is 15.8 Å². The molecule has 20 heavy (non-hydrogen) atoms. The lowest BCUT2D eigenvalue weighted by Gasteiger charge is -2.18. The van der Waals surface area contributed by atoms with E-state index in [0.29, 0.717) is 30.2 Å². The average molecular weight is 282 g/mol. The highest BCUT2D eigenvalue weighted by Gasteiger charge is 2.12. The van der Waals surface area contributed by atoms with Gasteiger partial charge >= 0.3 is 0 Å². The third-order valence-electron chi connectivity index (χ3n) is 3.18. The van der Waals surface area contributed by atoms with Crippen LogP contribution in [0.15, 0.2) is 18.2 Å². The van der Waals surface area contributed by atoms with Gasteiger partial charge in [-0.15, -0.1) is 0 Å². The molecule has 1 amide bonds. The Bertz CT molecular complexity index is 449.